The van der Waals surface area contributed by atoms with Crippen molar-refractivity contribution < 1.29 is 19.0 Å². The molecule has 0 saturated carbocycles. The van der Waals surface area contributed by atoms with Gasteiger partial charge in [-0.25, -0.2) is 0 Å². The zero-order valence-electron chi connectivity index (χ0n) is 13.5. The van der Waals surface area contributed by atoms with E-state index in [2.05, 4.69) is 6.92 Å². The molecule has 0 aliphatic rings. The number of unbranched alkanes of at least 4 members (excludes halogenated alkanes) is 2. The summed E-state index contributed by atoms with van der Waals surface area (Å²) in [6, 6.07) is 0. The van der Waals surface area contributed by atoms with Crippen molar-refractivity contribution in [2.24, 2.45) is 0 Å². The highest BCUT2D eigenvalue weighted by atomic mass is 16.5. The molecule has 1 atom stereocenters. The van der Waals surface area contributed by atoms with Crippen LogP contribution in [0.15, 0.2) is 0 Å². The van der Waals surface area contributed by atoms with E-state index in [-0.39, 0.29) is 12.1 Å². The molecule has 0 bridgehead atoms. The second kappa shape index (κ2) is 14.8. The van der Waals surface area contributed by atoms with E-state index in [1.807, 2.05) is 13.8 Å². The standard InChI is InChI=1S/C16H32O4/c1-4-7-8-10-15(20-14-13-18-5-2)11-9-12-16(17)19-6-3/h15H,4-14H2,1-3H3. The Morgan fingerprint density at radius 1 is 0.950 bits per heavy atom. The van der Waals surface area contributed by atoms with Crippen LogP contribution < -0.4 is 0 Å². The minimum atomic E-state index is -0.103. The fourth-order valence-corrected chi connectivity index (χ4v) is 2.06. The summed E-state index contributed by atoms with van der Waals surface area (Å²) in [6.07, 6.45) is 7.22. The van der Waals surface area contributed by atoms with Crippen molar-refractivity contribution in [2.75, 3.05) is 26.4 Å². The molecule has 0 rings (SSSR count). The van der Waals surface area contributed by atoms with Crippen molar-refractivity contribution in [3.05, 3.63) is 0 Å². The Labute approximate surface area is 124 Å². The van der Waals surface area contributed by atoms with Crippen LogP contribution in [0.3, 0.4) is 0 Å². The summed E-state index contributed by atoms with van der Waals surface area (Å²) in [5, 5.41) is 0. The van der Waals surface area contributed by atoms with E-state index in [0.29, 0.717) is 26.2 Å². The first-order chi connectivity index (χ1) is 9.74. The largest absolute Gasteiger partial charge is 0.466 e. The van der Waals surface area contributed by atoms with Crippen molar-refractivity contribution in [3.8, 4) is 0 Å². The van der Waals surface area contributed by atoms with Gasteiger partial charge in [-0.15, -0.1) is 0 Å². The molecule has 0 aromatic rings. The minimum absolute atomic E-state index is 0.103. The summed E-state index contributed by atoms with van der Waals surface area (Å²) in [6.45, 7) is 8.51. The number of carbonyl (C=O) groups excluding carboxylic acids is 1. The van der Waals surface area contributed by atoms with Crippen LogP contribution in [0.25, 0.3) is 0 Å². The average Bonchev–Trinajstić information content (AvgIpc) is 2.43. The molecule has 0 fully saturated rings. The second-order valence-corrected chi connectivity index (χ2v) is 4.88. The molecule has 4 heteroatoms. The maximum Gasteiger partial charge on any atom is 0.305 e. The lowest BCUT2D eigenvalue weighted by Gasteiger charge is -2.17. The molecule has 4 nitrogen and oxygen atoms in total. The summed E-state index contributed by atoms with van der Waals surface area (Å²) < 4.78 is 16.1. The number of hydrogen-bond acceptors (Lipinski definition) is 4. The molecule has 20 heavy (non-hydrogen) atoms. The topological polar surface area (TPSA) is 44.8 Å². The molecule has 0 spiro atoms. The highest BCUT2D eigenvalue weighted by Crippen LogP contribution is 2.14. The van der Waals surface area contributed by atoms with Crippen LogP contribution in [0, 0.1) is 0 Å². The number of esters is 1. The molecule has 0 aliphatic carbocycles. The van der Waals surface area contributed by atoms with E-state index in [0.717, 1.165) is 25.9 Å². The highest BCUT2D eigenvalue weighted by molar-refractivity contribution is 5.69. The van der Waals surface area contributed by atoms with Gasteiger partial charge in [-0.2, -0.15) is 0 Å². The lowest BCUT2D eigenvalue weighted by atomic mass is 10.1. The molecule has 0 saturated heterocycles. The van der Waals surface area contributed by atoms with E-state index in [1.165, 1.54) is 19.3 Å². The summed E-state index contributed by atoms with van der Waals surface area (Å²) in [5.41, 5.74) is 0. The lowest BCUT2D eigenvalue weighted by Crippen LogP contribution is -2.17. The van der Waals surface area contributed by atoms with Crippen molar-refractivity contribution >= 4 is 5.97 Å². The zero-order valence-corrected chi connectivity index (χ0v) is 13.5. The van der Waals surface area contributed by atoms with Gasteiger partial charge in [0.05, 0.1) is 25.9 Å². The third-order valence-electron chi connectivity index (χ3n) is 3.13. The first-order valence-corrected chi connectivity index (χ1v) is 8.09. The Bertz CT molecular complexity index is 219. The molecule has 0 aromatic carbocycles. The average molecular weight is 288 g/mol. The molecule has 120 valence electrons. The fraction of sp³-hybridized carbons (Fsp3) is 0.938. The molecule has 0 radical (unpaired) electrons. The predicted molar refractivity (Wildman–Crippen MR) is 80.9 cm³/mol. The first-order valence-electron chi connectivity index (χ1n) is 8.09. The molecule has 0 N–H and O–H groups in total. The molecule has 0 heterocycles. The third-order valence-corrected chi connectivity index (χ3v) is 3.13. The maximum absolute atomic E-state index is 11.3. The van der Waals surface area contributed by atoms with Gasteiger partial charge < -0.3 is 14.2 Å². The van der Waals surface area contributed by atoms with Gasteiger partial charge in [-0.3, -0.25) is 4.79 Å². The van der Waals surface area contributed by atoms with Gasteiger partial charge in [-0.05, 0) is 33.1 Å². The number of rotatable bonds is 14. The SMILES string of the molecule is CCCCCC(CCCC(=O)OCC)OCCOCC. The summed E-state index contributed by atoms with van der Waals surface area (Å²) in [7, 11) is 0. The molecule has 0 aromatic heterocycles. The monoisotopic (exact) mass is 288 g/mol. The van der Waals surface area contributed by atoms with Gasteiger partial charge >= 0.3 is 5.97 Å². The first kappa shape index (κ1) is 19.4. The van der Waals surface area contributed by atoms with Gasteiger partial charge in [-0.1, -0.05) is 26.2 Å². The van der Waals surface area contributed by atoms with Gasteiger partial charge in [0.1, 0.15) is 0 Å². The maximum atomic E-state index is 11.3. The third kappa shape index (κ3) is 12.4. The highest BCUT2D eigenvalue weighted by Gasteiger charge is 2.10. The Hall–Kier alpha value is -0.610. The van der Waals surface area contributed by atoms with Crippen LogP contribution in [-0.2, 0) is 19.0 Å². The number of carbonyl (C=O) groups is 1. The molecular weight excluding hydrogens is 256 g/mol. The van der Waals surface area contributed by atoms with Crippen LogP contribution in [0.2, 0.25) is 0 Å². The Morgan fingerprint density at radius 2 is 1.70 bits per heavy atom. The summed E-state index contributed by atoms with van der Waals surface area (Å²) in [4.78, 5) is 11.3. The van der Waals surface area contributed by atoms with E-state index in [4.69, 9.17) is 14.2 Å². The molecule has 0 amide bonds. The number of hydrogen-bond donors (Lipinski definition) is 0. The van der Waals surface area contributed by atoms with Gasteiger partial charge in [0.25, 0.3) is 0 Å². The summed E-state index contributed by atoms with van der Waals surface area (Å²) in [5.74, 6) is -0.103. The zero-order chi connectivity index (χ0) is 15.1. The van der Waals surface area contributed by atoms with Gasteiger partial charge in [0, 0.05) is 13.0 Å². The molecular formula is C16H32O4. The van der Waals surface area contributed by atoms with Crippen LogP contribution in [0.5, 0.6) is 0 Å². The van der Waals surface area contributed by atoms with Crippen molar-refractivity contribution in [2.45, 2.75) is 71.8 Å². The second-order valence-electron chi connectivity index (χ2n) is 4.88. The Balaban J connectivity index is 3.81. The Morgan fingerprint density at radius 3 is 2.35 bits per heavy atom. The van der Waals surface area contributed by atoms with Crippen LogP contribution >= 0.6 is 0 Å². The van der Waals surface area contributed by atoms with Crippen molar-refractivity contribution in [1.82, 2.24) is 0 Å². The van der Waals surface area contributed by atoms with Crippen LogP contribution in [0.1, 0.15) is 65.7 Å². The van der Waals surface area contributed by atoms with E-state index in [9.17, 15) is 4.79 Å². The molecule has 1 unspecified atom stereocenters. The van der Waals surface area contributed by atoms with Crippen molar-refractivity contribution in [1.29, 1.82) is 0 Å². The predicted octanol–water partition coefficient (Wildman–Crippen LogP) is 3.72. The van der Waals surface area contributed by atoms with Crippen LogP contribution in [-0.4, -0.2) is 38.5 Å². The normalized spacial score (nSPS) is 12.3. The van der Waals surface area contributed by atoms with E-state index in [1.54, 1.807) is 0 Å². The van der Waals surface area contributed by atoms with Crippen molar-refractivity contribution in [3.63, 3.8) is 0 Å². The molecule has 0 aliphatic heterocycles. The quantitative estimate of drug-likeness (QED) is 0.361. The van der Waals surface area contributed by atoms with E-state index >= 15 is 0 Å². The smallest absolute Gasteiger partial charge is 0.305 e. The van der Waals surface area contributed by atoms with Gasteiger partial charge in [0.15, 0.2) is 0 Å². The number of ether oxygens (including phenoxy) is 3. The van der Waals surface area contributed by atoms with E-state index < -0.39 is 0 Å². The lowest BCUT2D eigenvalue weighted by molar-refractivity contribution is -0.143. The van der Waals surface area contributed by atoms with Crippen LogP contribution in [0.4, 0.5) is 0 Å². The van der Waals surface area contributed by atoms with Gasteiger partial charge in [0.2, 0.25) is 0 Å². The minimum Gasteiger partial charge on any atom is -0.466 e. The summed E-state index contributed by atoms with van der Waals surface area (Å²) >= 11 is 0. The Kier molecular flexibility index (Phi) is 14.3. The fourth-order valence-electron chi connectivity index (χ4n) is 2.06.